The number of hydrogen-bond donors (Lipinski definition) is 0. The predicted molar refractivity (Wildman–Crippen MR) is 290 cm³/mol. The summed E-state index contributed by atoms with van der Waals surface area (Å²) in [4.78, 5) is 2.40. The molecule has 0 unspecified atom stereocenters. The lowest BCUT2D eigenvalue weighted by Crippen LogP contribution is -2.11. The molecule has 13 rings (SSSR count). The largest absolute Gasteiger partial charge is 0.455 e. The van der Waals surface area contributed by atoms with Crippen molar-refractivity contribution in [2.24, 2.45) is 0 Å². The van der Waals surface area contributed by atoms with Crippen LogP contribution in [0.4, 0.5) is 17.1 Å². The quantitative estimate of drug-likeness (QED) is 0.144. The van der Waals surface area contributed by atoms with Gasteiger partial charge in [0.2, 0.25) is 0 Å². The lowest BCUT2D eigenvalue weighted by atomic mass is 9.93. The molecule has 3 nitrogen and oxygen atoms in total. The molecule has 0 spiro atoms. The summed E-state index contributed by atoms with van der Waals surface area (Å²) >= 11 is 0. The normalized spacial score (nSPS) is 11.5. The maximum atomic E-state index is 6.55. The van der Waals surface area contributed by atoms with Gasteiger partial charge >= 0.3 is 0 Å². The molecule has 0 aliphatic carbocycles. The molecule has 2 heterocycles. The SMILES string of the molecule is c1ccc(-c2cccc(-c3ccccc3N(c3ccc(-c4ccccc4-c4cccc5c4oc4ccccc45)cc3)c3ccc(-c4ccccc4-n4c5ccccc5c5ccccc54)cc3)c2)cc1. The third-order valence-corrected chi connectivity index (χ3v) is 13.6. The third kappa shape index (κ3) is 6.99. The number of nitrogens with zero attached hydrogens (tertiary/aromatic N) is 2. The van der Waals surface area contributed by atoms with E-state index in [-0.39, 0.29) is 0 Å². The lowest BCUT2D eigenvalue weighted by molar-refractivity contribution is 0.670. The lowest BCUT2D eigenvalue weighted by Gasteiger charge is -2.28. The van der Waals surface area contributed by atoms with Gasteiger partial charge in [-0.05, 0) is 99.6 Å². The molecule has 0 N–H and O–H groups in total. The molecule has 0 aliphatic heterocycles. The zero-order chi connectivity index (χ0) is 45.7. The Morgan fingerprint density at radius 3 is 1.51 bits per heavy atom. The Balaban J connectivity index is 0.937. The van der Waals surface area contributed by atoms with E-state index in [9.17, 15) is 0 Å². The van der Waals surface area contributed by atoms with Gasteiger partial charge in [-0.15, -0.1) is 0 Å². The summed E-state index contributed by atoms with van der Waals surface area (Å²) in [6.07, 6.45) is 0. The van der Waals surface area contributed by atoms with Gasteiger partial charge in [-0.3, -0.25) is 0 Å². The molecule has 0 bridgehead atoms. The highest BCUT2D eigenvalue weighted by atomic mass is 16.3. The van der Waals surface area contributed by atoms with E-state index < -0.39 is 0 Å². The number of hydrogen-bond acceptors (Lipinski definition) is 2. The molecule has 3 heteroatoms. The minimum absolute atomic E-state index is 0.898. The fourth-order valence-corrected chi connectivity index (χ4v) is 10.4. The number of benzene rings is 11. The van der Waals surface area contributed by atoms with E-state index >= 15 is 0 Å². The second-order valence-electron chi connectivity index (χ2n) is 17.6. The van der Waals surface area contributed by atoms with Crippen LogP contribution in [0.15, 0.2) is 271 Å². The molecule has 69 heavy (non-hydrogen) atoms. The monoisotopic (exact) mass is 880 g/mol. The Morgan fingerprint density at radius 2 is 0.783 bits per heavy atom. The third-order valence-electron chi connectivity index (χ3n) is 13.6. The molecule has 324 valence electrons. The first-order valence-electron chi connectivity index (χ1n) is 23.6. The van der Waals surface area contributed by atoms with Crippen LogP contribution in [0.2, 0.25) is 0 Å². The average Bonchev–Trinajstić information content (AvgIpc) is 3.98. The van der Waals surface area contributed by atoms with Crippen molar-refractivity contribution in [1.29, 1.82) is 0 Å². The zero-order valence-electron chi connectivity index (χ0n) is 37.7. The molecular weight excluding hydrogens is 837 g/mol. The molecule has 0 saturated heterocycles. The first kappa shape index (κ1) is 40.1. The van der Waals surface area contributed by atoms with Crippen LogP contribution >= 0.6 is 0 Å². The molecule has 0 saturated carbocycles. The summed E-state index contributed by atoms with van der Waals surface area (Å²) in [6.45, 7) is 0. The van der Waals surface area contributed by atoms with E-state index in [1.165, 1.54) is 38.5 Å². The number of aromatic nitrogens is 1. The fraction of sp³-hybridized carbons (Fsp3) is 0. The highest BCUT2D eigenvalue weighted by Crippen LogP contribution is 2.45. The van der Waals surface area contributed by atoms with E-state index in [4.69, 9.17) is 4.42 Å². The molecule has 0 amide bonds. The maximum absolute atomic E-state index is 6.55. The summed E-state index contributed by atoms with van der Waals surface area (Å²) in [7, 11) is 0. The van der Waals surface area contributed by atoms with Crippen LogP contribution in [0, 0.1) is 0 Å². The van der Waals surface area contributed by atoms with Gasteiger partial charge in [0, 0.05) is 49.6 Å². The smallest absolute Gasteiger partial charge is 0.143 e. The highest BCUT2D eigenvalue weighted by Gasteiger charge is 2.21. The van der Waals surface area contributed by atoms with Crippen LogP contribution < -0.4 is 4.90 Å². The highest BCUT2D eigenvalue weighted by molar-refractivity contribution is 6.11. The second kappa shape index (κ2) is 16.9. The van der Waals surface area contributed by atoms with Gasteiger partial charge in [-0.25, -0.2) is 0 Å². The van der Waals surface area contributed by atoms with Crippen molar-refractivity contribution in [1.82, 2.24) is 4.57 Å². The van der Waals surface area contributed by atoms with E-state index in [2.05, 4.69) is 264 Å². The molecule has 0 aliphatic rings. The minimum Gasteiger partial charge on any atom is -0.455 e. The predicted octanol–water partition coefficient (Wildman–Crippen LogP) is 18.5. The first-order valence-corrected chi connectivity index (χ1v) is 23.6. The van der Waals surface area contributed by atoms with E-state index in [0.29, 0.717) is 0 Å². The first-order chi connectivity index (χ1) is 34.2. The van der Waals surface area contributed by atoms with Gasteiger partial charge in [0.1, 0.15) is 11.2 Å². The van der Waals surface area contributed by atoms with Crippen LogP contribution in [0.25, 0.3) is 105 Å². The summed E-state index contributed by atoms with van der Waals surface area (Å²) in [5.74, 6) is 0. The van der Waals surface area contributed by atoms with Crippen molar-refractivity contribution in [2.75, 3.05) is 4.90 Å². The van der Waals surface area contributed by atoms with Crippen LogP contribution in [0.5, 0.6) is 0 Å². The average molecular weight is 881 g/mol. The van der Waals surface area contributed by atoms with E-state index in [1.807, 2.05) is 12.1 Å². The minimum atomic E-state index is 0.898. The Bertz CT molecular complexity index is 3960. The zero-order valence-corrected chi connectivity index (χ0v) is 37.7. The summed E-state index contributed by atoms with van der Waals surface area (Å²) < 4.78 is 8.96. The van der Waals surface area contributed by atoms with Gasteiger partial charge in [-0.2, -0.15) is 0 Å². The molecule has 11 aromatic carbocycles. The van der Waals surface area contributed by atoms with E-state index in [1.54, 1.807) is 0 Å². The topological polar surface area (TPSA) is 21.3 Å². The van der Waals surface area contributed by atoms with Crippen LogP contribution in [0.1, 0.15) is 0 Å². The molecule has 0 radical (unpaired) electrons. The summed E-state index contributed by atoms with van der Waals surface area (Å²) in [6, 6.07) is 96.0. The molecule has 2 aromatic heterocycles. The Morgan fingerprint density at radius 1 is 0.290 bits per heavy atom. The molecule has 0 atom stereocenters. The van der Waals surface area contributed by atoms with Crippen LogP contribution in [-0.4, -0.2) is 4.57 Å². The molecular formula is C66H44N2O. The Kier molecular flexibility index (Phi) is 9.84. The van der Waals surface area contributed by atoms with Crippen molar-refractivity contribution >= 4 is 60.8 Å². The van der Waals surface area contributed by atoms with Crippen molar-refractivity contribution in [2.45, 2.75) is 0 Å². The van der Waals surface area contributed by atoms with Gasteiger partial charge in [-0.1, -0.05) is 206 Å². The van der Waals surface area contributed by atoms with Gasteiger partial charge < -0.3 is 13.9 Å². The van der Waals surface area contributed by atoms with E-state index in [0.717, 1.165) is 83.6 Å². The van der Waals surface area contributed by atoms with Crippen LogP contribution in [-0.2, 0) is 0 Å². The van der Waals surface area contributed by atoms with Crippen molar-refractivity contribution in [3.63, 3.8) is 0 Å². The van der Waals surface area contributed by atoms with Crippen molar-refractivity contribution in [3.8, 4) is 61.3 Å². The number of para-hydroxylation sites is 6. The maximum Gasteiger partial charge on any atom is 0.143 e. The number of fused-ring (bicyclic) bond motifs is 6. The molecule has 13 aromatic rings. The van der Waals surface area contributed by atoms with Gasteiger partial charge in [0.15, 0.2) is 0 Å². The molecule has 0 fully saturated rings. The number of anilines is 3. The van der Waals surface area contributed by atoms with Crippen molar-refractivity contribution in [3.05, 3.63) is 267 Å². The number of furan rings is 1. The van der Waals surface area contributed by atoms with Crippen LogP contribution in [0.3, 0.4) is 0 Å². The Hall–Kier alpha value is -9.18. The summed E-state index contributed by atoms with van der Waals surface area (Å²) in [5, 5.41) is 4.75. The summed E-state index contributed by atoms with van der Waals surface area (Å²) in [5.41, 5.74) is 20.0. The van der Waals surface area contributed by atoms with Gasteiger partial charge in [0.25, 0.3) is 0 Å². The standard InChI is InChI=1S/C66H44N2O/c1-2-18-45(19-3-1)48-20-16-21-49(44-48)54-24-7-11-31-61(54)67(50-40-36-46(37-41-50)52-22-4-5-25-55(52)59-29-17-30-60-58-28-10-15-35-65(58)69-66(59)60)51-42-38-47(39-43-51)53-23-6-12-32-62(53)68-63-33-13-8-26-56(63)57-27-9-14-34-64(57)68/h1-44H. The fourth-order valence-electron chi connectivity index (χ4n) is 10.4. The van der Waals surface area contributed by atoms with Gasteiger partial charge in [0.05, 0.1) is 22.4 Å². The number of rotatable bonds is 9. The Labute approximate surface area is 401 Å². The van der Waals surface area contributed by atoms with Crippen molar-refractivity contribution < 1.29 is 4.42 Å². The second-order valence-corrected chi connectivity index (χ2v) is 17.6.